The predicted molar refractivity (Wildman–Crippen MR) is 122 cm³/mol. The van der Waals surface area contributed by atoms with Gasteiger partial charge in [-0.1, -0.05) is 40.9 Å². The molecule has 0 bridgehead atoms. The molecular formula is C23H17Cl3N2O3. The van der Waals surface area contributed by atoms with E-state index in [9.17, 15) is 5.11 Å². The van der Waals surface area contributed by atoms with Crippen molar-refractivity contribution in [2.75, 3.05) is 6.79 Å². The van der Waals surface area contributed by atoms with E-state index in [1.54, 1.807) is 30.3 Å². The number of phenols is 1. The standard InChI is InChI=1S/C23H17Cl3N2O3/c24-13-3-5-20(29)16(8-13)19-10-18(12-1-6-21-22(7-12)31-11-30-21)27-23(28-19)15-4-2-14(25)9-17(15)26/h1-9,19,23,28-29H,10-11H2/t19-,23+/m0/s1. The monoisotopic (exact) mass is 474 g/mol. The fraction of sp³-hybridized carbons (Fsp3) is 0.174. The van der Waals surface area contributed by atoms with Crippen LogP contribution >= 0.6 is 34.8 Å². The third kappa shape index (κ3) is 4.06. The van der Waals surface area contributed by atoms with Crippen molar-refractivity contribution in [3.63, 3.8) is 0 Å². The molecule has 0 fully saturated rings. The highest BCUT2D eigenvalue weighted by Gasteiger charge is 2.29. The van der Waals surface area contributed by atoms with Gasteiger partial charge in [0.2, 0.25) is 6.79 Å². The second-order valence-corrected chi connectivity index (χ2v) is 8.62. The molecule has 2 aliphatic heterocycles. The van der Waals surface area contributed by atoms with Gasteiger partial charge in [0, 0.05) is 44.4 Å². The molecule has 5 nitrogen and oxygen atoms in total. The first-order valence-corrected chi connectivity index (χ1v) is 10.8. The average molecular weight is 476 g/mol. The number of phenolic OH excluding ortho intramolecular Hbond substituents is 1. The summed E-state index contributed by atoms with van der Waals surface area (Å²) in [5, 5.41) is 15.6. The van der Waals surface area contributed by atoms with E-state index in [1.807, 2.05) is 24.3 Å². The average Bonchev–Trinajstić information content (AvgIpc) is 3.23. The minimum atomic E-state index is -0.442. The van der Waals surface area contributed by atoms with Crippen LogP contribution in [-0.4, -0.2) is 17.6 Å². The molecule has 0 saturated heterocycles. The van der Waals surface area contributed by atoms with Crippen molar-refractivity contribution < 1.29 is 14.6 Å². The zero-order valence-electron chi connectivity index (χ0n) is 16.1. The summed E-state index contributed by atoms with van der Waals surface area (Å²) in [4.78, 5) is 4.93. The molecule has 0 saturated carbocycles. The van der Waals surface area contributed by atoms with Crippen LogP contribution in [0.15, 0.2) is 59.6 Å². The Kier molecular flexibility index (Phi) is 5.44. The van der Waals surface area contributed by atoms with Gasteiger partial charge in [0.05, 0.1) is 0 Å². The highest BCUT2D eigenvalue weighted by Crippen LogP contribution is 2.39. The summed E-state index contributed by atoms with van der Waals surface area (Å²) >= 11 is 18.8. The minimum absolute atomic E-state index is 0.162. The van der Waals surface area contributed by atoms with Crippen LogP contribution in [0.3, 0.4) is 0 Å². The number of nitrogens with zero attached hydrogens (tertiary/aromatic N) is 1. The van der Waals surface area contributed by atoms with E-state index in [1.165, 1.54) is 0 Å². The van der Waals surface area contributed by atoms with Crippen molar-refractivity contribution >= 4 is 40.5 Å². The van der Waals surface area contributed by atoms with Crippen LogP contribution in [0.1, 0.15) is 35.3 Å². The van der Waals surface area contributed by atoms with Crippen LogP contribution in [0.2, 0.25) is 15.1 Å². The molecule has 2 heterocycles. The van der Waals surface area contributed by atoms with Crippen LogP contribution in [0.25, 0.3) is 0 Å². The van der Waals surface area contributed by atoms with Gasteiger partial charge in [-0.2, -0.15) is 0 Å². The second kappa shape index (κ2) is 8.24. The molecule has 2 N–H and O–H groups in total. The molecule has 0 radical (unpaired) electrons. The van der Waals surface area contributed by atoms with Gasteiger partial charge in [0.15, 0.2) is 11.5 Å². The van der Waals surface area contributed by atoms with E-state index in [0.29, 0.717) is 38.6 Å². The van der Waals surface area contributed by atoms with Crippen molar-refractivity contribution in [1.29, 1.82) is 0 Å². The number of rotatable bonds is 3. The minimum Gasteiger partial charge on any atom is -0.508 e. The van der Waals surface area contributed by atoms with Gasteiger partial charge >= 0.3 is 0 Å². The molecule has 158 valence electrons. The molecule has 2 atom stereocenters. The van der Waals surface area contributed by atoms with E-state index in [0.717, 1.165) is 16.8 Å². The lowest BCUT2D eigenvalue weighted by Gasteiger charge is -2.31. The quantitative estimate of drug-likeness (QED) is 0.466. The maximum atomic E-state index is 10.5. The molecule has 0 aliphatic carbocycles. The lowest BCUT2D eigenvalue weighted by atomic mass is 9.93. The molecule has 0 unspecified atom stereocenters. The lowest BCUT2D eigenvalue weighted by molar-refractivity contribution is 0.174. The Morgan fingerprint density at radius 1 is 0.871 bits per heavy atom. The number of aromatic hydroxyl groups is 1. The van der Waals surface area contributed by atoms with Crippen molar-refractivity contribution in [3.05, 3.63) is 86.4 Å². The Morgan fingerprint density at radius 3 is 2.48 bits per heavy atom. The Labute approximate surface area is 194 Å². The van der Waals surface area contributed by atoms with Crippen LogP contribution in [-0.2, 0) is 0 Å². The van der Waals surface area contributed by atoms with E-state index in [2.05, 4.69) is 5.32 Å². The maximum absolute atomic E-state index is 10.5. The molecule has 0 aromatic heterocycles. The van der Waals surface area contributed by atoms with Crippen molar-refractivity contribution in [2.45, 2.75) is 18.6 Å². The topological polar surface area (TPSA) is 63.1 Å². The Hall–Kier alpha value is -2.44. The molecule has 5 rings (SSSR count). The van der Waals surface area contributed by atoms with Gasteiger partial charge in [-0.25, -0.2) is 0 Å². The SMILES string of the molecule is Oc1ccc(Cl)cc1[C@@H]1CC(c2ccc3c(c2)OCO3)=N[C@@H](c2ccc(Cl)cc2Cl)N1. The van der Waals surface area contributed by atoms with E-state index in [4.69, 9.17) is 49.3 Å². The Morgan fingerprint density at radius 2 is 1.65 bits per heavy atom. The zero-order chi connectivity index (χ0) is 21.5. The summed E-state index contributed by atoms with van der Waals surface area (Å²) < 4.78 is 11.0. The molecule has 2 aliphatic rings. The van der Waals surface area contributed by atoms with Crippen molar-refractivity contribution in [2.24, 2.45) is 4.99 Å². The molecule has 31 heavy (non-hydrogen) atoms. The van der Waals surface area contributed by atoms with Gasteiger partial charge in [-0.15, -0.1) is 0 Å². The summed E-state index contributed by atoms with van der Waals surface area (Å²) in [6, 6.07) is 15.8. The summed E-state index contributed by atoms with van der Waals surface area (Å²) in [5.41, 5.74) is 3.23. The van der Waals surface area contributed by atoms with Crippen LogP contribution < -0.4 is 14.8 Å². The number of benzene rings is 3. The number of ether oxygens (including phenoxy) is 2. The van der Waals surface area contributed by atoms with Gasteiger partial charge in [0.25, 0.3) is 0 Å². The van der Waals surface area contributed by atoms with E-state index >= 15 is 0 Å². The van der Waals surface area contributed by atoms with Crippen LogP contribution in [0.4, 0.5) is 0 Å². The number of hydrogen-bond donors (Lipinski definition) is 2. The van der Waals surface area contributed by atoms with Gasteiger partial charge < -0.3 is 14.6 Å². The highest BCUT2D eigenvalue weighted by molar-refractivity contribution is 6.35. The van der Waals surface area contributed by atoms with E-state index < -0.39 is 6.17 Å². The zero-order valence-corrected chi connectivity index (χ0v) is 18.4. The van der Waals surface area contributed by atoms with Crippen LogP contribution in [0.5, 0.6) is 17.2 Å². The third-order valence-corrected chi connectivity index (χ3v) is 6.17. The van der Waals surface area contributed by atoms with Gasteiger partial charge in [-0.3, -0.25) is 10.3 Å². The summed E-state index contributed by atoms with van der Waals surface area (Å²) in [7, 11) is 0. The highest BCUT2D eigenvalue weighted by atomic mass is 35.5. The predicted octanol–water partition coefficient (Wildman–Crippen LogP) is 6.30. The summed E-state index contributed by atoms with van der Waals surface area (Å²) in [6.07, 6.45) is 0.0947. The first-order valence-electron chi connectivity index (χ1n) is 9.64. The smallest absolute Gasteiger partial charge is 0.231 e. The fourth-order valence-corrected chi connectivity index (χ4v) is 4.54. The molecular weight excluding hydrogens is 459 g/mol. The number of hydrogen-bond acceptors (Lipinski definition) is 5. The third-order valence-electron chi connectivity index (χ3n) is 5.37. The number of nitrogens with one attached hydrogen (secondary N) is 1. The van der Waals surface area contributed by atoms with Gasteiger partial charge in [0.1, 0.15) is 11.9 Å². The second-order valence-electron chi connectivity index (χ2n) is 7.34. The normalized spacial score (nSPS) is 19.9. The van der Waals surface area contributed by atoms with Crippen molar-refractivity contribution in [3.8, 4) is 17.2 Å². The molecule has 8 heteroatoms. The van der Waals surface area contributed by atoms with Crippen LogP contribution in [0, 0.1) is 0 Å². The number of aliphatic imine (C=N–C) groups is 1. The largest absolute Gasteiger partial charge is 0.508 e. The summed E-state index contributed by atoms with van der Waals surface area (Å²) in [5.74, 6) is 1.55. The number of fused-ring (bicyclic) bond motifs is 1. The molecule has 3 aromatic carbocycles. The van der Waals surface area contributed by atoms with E-state index in [-0.39, 0.29) is 18.6 Å². The fourth-order valence-electron chi connectivity index (χ4n) is 3.84. The van der Waals surface area contributed by atoms with Gasteiger partial charge in [-0.05, 0) is 54.1 Å². The summed E-state index contributed by atoms with van der Waals surface area (Å²) in [6.45, 7) is 0.203. The molecule has 0 amide bonds. The Balaban J connectivity index is 1.59. The maximum Gasteiger partial charge on any atom is 0.231 e. The first-order chi connectivity index (χ1) is 15.0. The van der Waals surface area contributed by atoms with Crippen molar-refractivity contribution in [1.82, 2.24) is 5.32 Å². The number of halogens is 3. The Bertz CT molecular complexity index is 1200. The molecule has 0 spiro atoms. The molecule has 3 aromatic rings. The first kappa shape index (κ1) is 20.5. The lowest BCUT2D eigenvalue weighted by Crippen LogP contribution is -2.33.